The van der Waals surface area contributed by atoms with E-state index >= 15 is 0 Å². The van der Waals surface area contributed by atoms with Crippen molar-refractivity contribution in [3.8, 4) is 0 Å². The maximum absolute atomic E-state index is 12.7. The third-order valence-corrected chi connectivity index (χ3v) is 14.0. The van der Waals surface area contributed by atoms with Gasteiger partial charge in [0.05, 0.1) is 43.2 Å². The first-order valence-corrected chi connectivity index (χ1v) is 18.9. The van der Waals surface area contributed by atoms with Crippen LogP contribution in [0.15, 0.2) is 11.6 Å². The van der Waals surface area contributed by atoms with E-state index in [0.29, 0.717) is 25.7 Å². The molecule has 13 heteroatoms. The van der Waals surface area contributed by atoms with Gasteiger partial charge in [0.15, 0.2) is 12.6 Å². The van der Waals surface area contributed by atoms with Crippen molar-refractivity contribution < 1.29 is 64.9 Å². The van der Waals surface area contributed by atoms with Crippen LogP contribution in [0.5, 0.6) is 0 Å². The van der Waals surface area contributed by atoms with Crippen molar-refractivity contribution in [2.24, 2.45) is 40.4 Å². The minimum Gasteiger partial charge on any atom is -0.393 e. The molecule has 19 atom stereocenters. The molecule has 0 aromatic carbocycles. The van der Waals surface area contributed by atoms with Crippen LogP contribution in [-0.2, 0) is 18.9 Å². The number of ether oxygens (including phenoxy) is 4. The second-order valence-corrected chi connectivity index (χ2v) is 17.4. The Morgan fingerprint density at radius 1 is 0.800 bits per heavy atom. The fourth-order valence-electron chi connectivity index (χ4n) is 11.3. The van der Waals surface area contributed by atoms with Crippen LogP contribution in [0.2, 0.25) is 0 Å². The van der Waals surface area contributed by atoms with Gasteiger partial charge in [-0.25, -0.2) is 0 Å². The molecule has 288 valence electrons. The van der Waals surface area contributed by atoms with Gasteiger partial charge in [0.25, 0.3) is 0 Å². The van der Waals surface area contributed by atoms with Crippen molar-refractivity contribution in [1.82, 2.24) is 0 Å². The van der Waals surface area contributed by atoms with Crippen LogP contribution in [0.3, 0.4) is 0 Å². The highest BCUT2D eigenvalue weighted by Crippen LogP contribution is 2.69. The molecule has 0 amide bonds. The SMILES string of the molecule is CC(C)[C@H](CC[C@@H](C)[C@H]1C[C@H](O)[C@@H]2[C@]1(C)CC[C@H]1[C@@]2(O)C[C@@H](O)C2=C[C@@H](O[C@@H]3OC[C@@H](O)[C@H](O)[C@H]3O)CC[C@@]21C)O[C@@H]1OC[C@@H](O)[C@H](O)[C@H]1O. The Kier molecular flexibility index (Phi) is 11.3. The predicted octanol–water partition coefficient (Wildman–Crippen LogP) is 0.343. The van der Waals surface area contributed by atoms with Gasteiger partial charge >= 0.3 is 0 Å². The van der Waals surface area contributed by atoms with Crippen LogP contribution in [0.25, 0.3) is 0 Å². The van der Waals surface area contributed by atoms with Gasteiger partial charge in [-0.15, -0.1) is 0 Å². The van der Waals surface area contributed by atoms with E-state index in [1.54, 1.807) is 0 Å². The molecular weight excluding hydrogens is 652 g/mol. The molecule has 13 nitrogen and oxygen atoms in total. The molecule has 4 aliphatic carbocycles. The summed E-state index contributed by atoms with van der Waals surface area (Å²) in [5.74, 6) is -0.204. The normalized spacial score (nSPS) is 52.1. The minimum absolute atomic E-state index is 0.0996. The van der Waals surface area contributed by atoms with E-state index < -0.39 is 84.4 Å². The topological polar surface area (TPSA) is 219 Å². The number of hydrogen-bond donors (Lipinski definition) is 9. The molecule has 6 rings (SSSR count). The zero-order valence-electron chi connectivity index (χ0n) is 30.1. The molecule has 6 aliphatic rings. The summed E-state index contributed by atoms with van der Waals surface area (Å²) >= 11 is 0. The fourth-order valence-corrected chi connectivity index (χ4v) is 11.3. The van der Waals surface area contributed by atoms with Crippen LogP contribution in [0.1, 0.15) is 86.0 Å². The molecule has 0 aromatic rings. The van der Waals surface area contributed by atoms with Gasteiger partial charge in [0.2, 0.25) is 0 Å². The summed E-state index contributed by atoms with van der Waals surface area (Å²) in [6, 6.07) is 0. The lowest BCUT2D eigenvalue weighted by Crippen LogP contribution is -2.66. The molecule has 0 unspecified atom stereocenters. The highest BCUT2D eigenvalue weighted by molar-refractivity contribution is 5.33. The van der Waals surface area contributed by atoms with E-state index in [2.05, 4.69) is 20.8 Å². The van der Waals surface area contributed by atoms with E-state index in [0.717, 1.165) is 24.8 Å². The third kappa shape index (κ3) is 6.64. The van der Waals surface area contributed by atoms with Crippen LogP contribution >= 0.6 is 0 Å². The van der Waals surface area contributed by atoms with E-state index in [4.69, 9.17) is 18.9 Å². The standard InChI is InChI=1S/C37H62O13/c1-17(2)26(50-34-31(45)29(43)25(41)16-48-34)7-6-18(3)20-13-22(38)32-36(20,5)11-9-27-35(4)10-8-19(12-21(35)23(39)14-37(27,32)46)49-33-30(44)28(42)24(40)15-47-33/h12,17-20,22-34,38-46H,6-11,13-16H2,1-5H3/t18-,19+,20-,22+,23-,24-,25-,26+,27-,28+,29+,30-,31-,32-,33+,34+,35+,36-,37+/m1/s1. The second kappa shape index (κ2) is 14.5. The monoisotopic (exact) mass is 714 g/mol. The maximum Gasteiger partial charge on any atom is 0.186 e. The summed E-state index contributed by atoms with van der Waals surface area (Å²) in [4.78, 5) is 0. The zero-order chi connectivity index (χ0) is 36.5. The molecule has 2 aliphatic heterocycles. The molecule has 5 fully saturated rings. The number of fused-ring (bicyclic) bond motifs is 5. The van der Waals surface area contributed by atoms with Crippen LogP contribution in [0.4, 0.5) is 0 Å². The lowest BCUT2D eigenvalue weighted by molar-refractivity contribution is -0.287. The molecule has 3 saturated carbocycles. The van der Waals surface area contributed by atoms with E-state index in [-0.39, 0.29) is 54.8 Å². The summed E-state index contributed by atoms with van der Waals surface area (Å²) in [6.45, 7) is 10.3. The van der Waals surface area contributed by atoms with E-state index in [9.17, 15) is 46.0 Å². The smallest absolute Gasteiger partial charge is 0.186 e. The van der Waals surface area contributed by atoms with Crippen LogP contribution in [-0.4, -0.2) is 138 Å². The van der Waals surface area contributed by atoms with Crippen LogP contribution in [0, 0.1) is 40.4 Å². The Labute approximate surface area is 295 Å². The Hall–Kier alpha value is -0.780. The van der Waals surface area contributed by atoms with Gasteiger partial charge in [0.1, 0.15) is 36.6 Å². The number of aliphatic hydroxyl groups excluding tert-OH is 8. The average molecular weight is 715 g/mol. The van der Waals surface area contributed by atoms with Crippen molar-refractivity contribution in [1.29, 1.82) is 0 Å². The van der Waals surface area contributed by atoms with E-state index in [1.165, 1.54) is 0 Å². The molecule has 9 N–H and O–H groups in total. The molecule has 50 heavy (non-hydrogen) atoms. The average Bonchev–Trinajstić information content (AvgIpc) is 3.34. The first kappa shape index (κ1) is 38.9. The lowest BCUT2D eigenvalue weighted by atomic mass is 9.43. The van der Waals surface area contributed by atoms with Gasteiger partial charge < -0.3 is 64.9 Å². The summed E-state index contributed by atoms with van der Waals surface area (Å²) in [5, 5.41) is 96.9. The predicted molar refractivity (Wildman–Crippen MR) is 178 cm³/mol. The van der Waals surface area contributed by atoms with Gasteiger partial charge in [-0.3, -0.25) is 0 Å². The lowest BCUT2D eigenvalue weighted by Gasteiger charge is -2.64. The third-order valence-electron chi connectivity index (χ3n) is 14.0. The molecular formula is C37H62O13. The largest absolute Gasteiger partial charge is 0.393 e. The van der Waals surface area contributed by atoms with E-state index in [1.807, 2.05) is 19.9 Å². The van der Waals surface area contributed by atoms with Crippen molar-refractivity contribution in [2.45, 2.75) is 165 Å². The van der Waals surface area contributed by atoms with Gasteiger partial charge in [-0.2, -0.15) is 0 Å². The summed E-state index contributed by atoms with van der Waals surface area (Å²) < 4.78 is 23.2. The first-order valence-electron chi connectivity index (χ1n) is 18.9. The molecule has 0 radical (unpaired) electrons. The Morgan fingerprint density at radius 2 is 1.42 bits per heavy atom. The van der Waals surface area contributed by atoms with Crippen molar-refractivity contribution in [3.05, 3.63) is 11.6 Å². The number of rotatable bonds is 9. The molecule has 0 spiro atoms. The number of hydrogen-bond acceptors (Lipinski definition) is 13. The summed E-state index contributed by atoms with van der Waals surface area (Å²) in [5.41, 5.74) is -1.38. The van der Waals surface area contributed by atoms with Crippen molar-refractivity contribution >= 4 is 0 Å². The highest BCUT2D eigenvalue weighted by atomic mass is 16.7. The summed E-state index contributed by atoms with van der Waals surface area (Å²) in [7, 11) is 0. The quantitative estimate of drug-likeness (QED) is 0.147. The minimum atomic E-state index is -1.41. The Bertz CT molecular complexity index is 1220. The van der Waals surface area contributed by atoms with Gasteiger partial charge in [0, 0.05) is 12.3 Å². The Morgan fingerprint density at radius 3 is 2.06 bits per heavy atom. The molecule has 0 aromatic heterocycles. The fraction of sp³-hybridized carbons (Fsp3) is 0.946. The van der Waals surface area contributed by atoms with Crippen molar-refractivity contribution in [3.63, 3.8) is 0 Å². The first-order chi connectivity index (χ1) is 23.4. The second-order valence-electron chi connectivity index (χ2n) is 17.4. The maximum atomic E-state index is 12.7. The molecule has 0 bridgehead atoms. The zero-order valence-corrected chi connectivity index (χ0v) is 30.1. The highest BCUT2D eigenvalue weighted by Gasteiger charge is 2.70. The van der Waals surface area contributed by atoms with Gasteiger partial charge in [-0.05, 0) is 85.0 Å². The molecule has 2 saturated heterocycles. The van der Waals surface area contributed by atoms with Crippen LogP contribution < -0.4 is 0 Å². The number of aliphatic hydroxyl groups is 9. The van der Waals surface area contributed by atoms with Gasteiger partial charge in [-0.1, -0.05) is 40.7 Å². The molecule has 2 heterocycles. The summed E-state index contributed by atoms with van der Waals surface area (Å²) in [6.07, 6.45) is -5.73. The van der Waals surface area contributed by atoms with Crippen molar-refractivity contribution in [2.75, 3.05) is 13.2 Å². The Balaban J connectivity index is 1.14.